The molecule has 0 fully saturated rings. The average Bonchev–Trinajstić information content (AvgIpc) is 2.02. The van der Waals surface area contributed by atoms with Crippen molar-refractivity contribution >= 4 is 34.1 Å². The molecule has 0 aliphatic carbocycles. The maximum absolute atomic E-state index is 11.4. The summed E-state index contributed by atoms with van der Waals surface area (Å²) in [6.45, 7) is 0. The second-order valence-corrected chi connectivity index (χ2v) is 3.52. The van der Waals surface area contributed by atoms with Gasteiger partial charge in [-0.3, -0.25) is 4.79 Å². The molecule has 0 radical (unpaired) electrons. The molecular formula is C9H5Cl2NO. The third-order valence-electron chi connectivity index (χ3n) is 1.76. The molecular weight excluding hydrogens is 209 g/mol. The van der Waals surface area contributed by atoms with E-state index in [1.54, 1.807) is 18.2 Å². The van der Waals surface area contributed by atoms with Crippen molar-refractivity contribution in [1.29, 1.82) is 0 Å². The molecule has 4 heteroatoms. The number of nitrogens with one attached hydrogen (secondary N) is 1. The number of fused-ring (bicyclic) bond motifs is 1. The molecule has 13 heavy (non-hydrogen) atoms. The Morgan fingerprint density at radius 2 is 1.92 bits per heavy atom. The van der Waals surface area contributed by atoms with Gasteiger partial charge in [0.1, 0.15) is 5.15 Å². The Labute approximate surface area is 84.1 Å². The second kappa shape index (κ2) is 3.05. The molecule has 2 rings (SSSR count). The van der Waals surface area contributed by atoms with Crippen LogP contribution in [-0.2, 0) is 0 Å². The van der Waals surface area contributed by atoms with Crippen molar-refractivity contribution in [2.45, 2.75) is 0 Å². The zero-order valence-corrected chi connectivity index (χ0v) is 7.99. The monoisotopic (exact) mass is 213 g/mol. The molecule has 0 aliphatic heterocycles. The van der Waals surface area contributed by atoms with Crippen molar-refractivity contribution in [3.8, 4) is 0 Å². The fourth-order valence-corrected chi connectivity index (χ4v) is 1.57. The van der Waals surface area contributed by atoms with Gasteiger partial charge in [0.2, 0.25) is 0 Å². The molecule has 1 N–H and O–H groups in total. The number of pyridine rings is 1. The van der Waals surface area contributed by atoms with E-state index in [1.807, 2.05) is 0 Å². The molecule has 1 aromatic heterocycles. The first-order chi connectivity index (χ1) is 6.16. The van der Waals surface area contributed by atoms with E-state index in [9.17, 15) is 4.79 Å². The molecule has 0 spiro atoms. The topological polar surface area (TPSA) is 32.9 Å². The predicted molar refractivity (Wildman–Crippen MR) is 54.6 cm³/mol. The van der Waals surface area contributed by atoms with Crippen molar-refractivity contribution in [3.63, 3.8) is 0 Å². The van der Waals surface area contributed by atoms with E-state index in [4.69, 9.17) is 23.2 Å². The van der Waals surface area contributed by atoms with E-state index in [1.165, 1.54) is 6.07 Å². The molecule has 0 aliphatic rings. The average molecular weight is 214 g/mol. The van der Waals surface area contributed by atoms with Crippen molar-refractivity contribution in [3.05, 3.63) is 44.7 Å². The number of halogens is 2. The summed E-state index contributed by atoms with van der Waals surface area (Å²) >= 11 is 11.4. The molecule has 0 unspecified atom stereocenters. The van der Waals surface area contributed by atoms with Gasteiger partial charge in [-0.2, -0.15) is 0 Å². The first kappa shape index (κ1) is 8.60. The smallest absolute Gasteiger partial charge is 0.190 e. The fourth-order valence-electron chi connectivity index (χ4n) is 1.19. The van der Waals surface area contributed by atoms with Crippen LogP contribution in [0.2, 0.25) is 10.2 Å². The van der Waals surface area contributed by atoms with Gasteiger partial charge in [0.15, 0.2) is 5.43 Å². The number of hydrogen-bond acceptors (Lipinski definition) is 1. The standard InChI is InChI=1S/C9H5Cl2NO/c10-5-1-2-6-7(3-5)12-9(11)4-8(6)13/h1-4H,(H,12,13). The summed E-state index contributed by atoms with van der Waals surface area (Å²) in [5, 5.41) is 1.49. The van der Waals surface area contributed by atoms with Crippen molar-refractivity contribution in [2.24, 2.45) is 0 Å². The third-order valence-corrected chi connectivity index (χ3v) is 2.20. The summed E-state index contributed by atoms with van der Waals surface area (Å²) in [7, 11) is 0. The van der Waals surface area contributed by atoms with Crippen LogP contribution in [0.3, 0.4) is 0 Å². The van der Waals surface area contributed by atoms with Crippen LogP contribution in [-0.4, -0.2) is 4.98 Å². The summed E-state index contributed by atoms with van der Waals surface area (Å²) in [6, 6.07) is 6.36. The van der Waals surface area contributed by atoms with Crippen molar-refractivity contribution < 1.29 is 0 Å². The number of aromatic nitrogens is 1. The van der Waals surface area contributed by atoms with Crippen LogP contribution in [0.4, 0.5) is 0 Å². The summed E-state index contributed by atoms with van der Waals surface area (Å²) in [6.07, 6.45) is 0. The van der Waals surface area contributed by atoms with Gasteiger partial charge in [0.05, 0.1) is 5.52 Å². The molecule has 2 aromatic rings. The molecule has 1 aromatic carbocycles. The van der Waals surface area contributed by atoms with Crippen LogP contribution >= 0.6 is 23.2 Å². The summed E-state index contributed by atoms with van der Waals surface area (Å²) in [5.41, 5.74) is 0.556. The van der Waals surface area contributed by atoms with Crippen LogP contribution in [0.25, 0.3) is 10.9 Å². The normalized spacial score (nSPS) is 10.6. The zero-order valence-electron chi connectivity index (χ0n) is 6.47. The summed E-state index contributed by atoms with van der Waals surface area (Å²) in [5.74, 6) is 0. The summed E-state index contributed by atoms with van der Waals surface area (Å²) in [4.78, 5) is 14.2. The molecule has 0 amide bonds. The Morgan fingerprint density at radius 3 is 2.69 bits per heavy atom. The maximum atomic E-state index is 11.4. The minimum absolute atomic E-state index is 0.101. The van der Waals surface area contributed by atoms with Gasteiger partial charge in [0.25, 0.3) is 0 Å². The molecule has 2 nitrogen and oxygen atoms in total. The van der Waals surface area contributed by atoms with Gasteiger partial charge in [-0.15, -0.1) is 0 Å². The van der Waals surface area contributed by atoms with Gasteiger partial charge in [0, 0.05) is 16.5 Å². The molecule has 0 atom stereocenters. The van der Waals surface area contributed by atoms with Gasteiger partial charge in [-0.1, -0.05) is 23.2 Å². The Balaban J connectivity index is 2.95. The molecule has 0 bridgehead atoms. The lowest BCUT2D eigenvalue weighted by Gasteiger charge is -1.98. The van der Waals surface area contributed by atoms with Gasteiger partial charge >= 0.3 is 0 Å². The molecule has 1 heterocycles. The van der Waals surface area contributed by atoms with Crippen molar-refractivity contribution in [2.75, 3.05) is 0 Å². The van der Waals surface area contributed by atoms with Crippen LogP contribution in [0.5, 0.6) is 0 Å². The van der Waals surface area contributed by atoms with E-state index in [-0.39, 0.29) is 5.43 Å². The third kappa shape index (κ3) is 1.55. The van der Waals surface area contributed by atoms with Crippen molar-refractivity contribution in [1.82, 2.24) is 4.98 Å². The van der Waals surface area contributed by atoms with E-state index >= 15 is 0 Å². The molecule has 0 saturated carbocycles. The highest BCUT2D eigenvalue weighted by atomic mass is 35.5. The lowest BCUT2D eigenvalue weighted by atomic mass is 10.2. The first-order valence-corrected chi connectivity index (χ1v) is 4.40. The zero-order chi connectivity index (χ0) is 9.42. The van der Waals surface area contributed by atoms with Gasteiger partial charge in [-0.05, 0) is 18.2 Å². The minimum Gasteiger partial charge on any atom is -0.345 e. The van der Waals surface area contributed by atoms with Gasteiger partial charge < -0.3 is 4.98 Å². The number of benzene rings is 1. The minimum atomic E-state index is -0.101. The Kier molecular flexibility index (Phi) is 2.02. The number of hydrogen-bond donors (Lipinski definition) is 1. The lowest BCUT2D eigenvalue weighted by molar-refractivity contribution is 1.39. The highest BCUT2D eigenvalue weighted by Crippen LogP contribution is 2.16. The number of H-pyrrole nitrogens is 1. The Hall–Kier alpha value is -0.990. The lowest BCUT2D eigenvalue weighted by Crippen LogP contribution is -2.00. The second-order valence-electron chi connectivity index (χ2n) is 2.67. The predicted octanol–water partition coefficient (Wildman–Crippen LogP) is 2.83. The first-order valence-electron chi connectivity index (χ1n) is 3.65. The quantitative estimate of drug-likeness (QED) is 0.672. The van der Waals surface area contributed by atoms with Crippen LogP contribution in [0, 0.1) is 0 Å². The largest absolute Gasteiger partial charge is 0.345 e. The van der Waals surface area contributed by atoms with Gasteiger partial charge in [-0.25, -0.2) is 0 Å². The van der Waals surface area contributed by atoms with Crippen LogP contribution in [0.15, 0.2) is 29.1 Å². The molecule has 0 saturated heterocycles. The highest BCUT2D eigenvalue weighted by molar-refractivity contribution is 6.31. The highest BCUT2D eigenvalue weighted by Gasteiger charge is 2.00. The Morgan fingerprint density at radius 1 is 1.15 bits per heavy atom. The number of aromatic amines is 1. The van der Waals surface area contributed by atoms with Crippen LogP contribution < -0.4 is 5.43 Å². The number of rotatable bonds is 0. The SMILES string of the molecule is O=c1cc(Cl)[nH]c2cc(Cl)ccc12. The van der Waals surface area contributed by atoms with E-state index in [2.05, 4.69) is 4.98 Å². The van der Waals surface area contributed by atoms with E-state index in [0.29, 0.717) is 21.1 Å². The van der Waals surface area contributed by atoms with E-state index < -0.39 is 0 Å². The Bertz CT molecular complexity index is 513. The molecule has 66 valence electrons. The van der Waals surface area contributed by atoms with Crippen LogP contribution in [0.1, 0.15) is 0 Å². The van der Waals surface area contributed by atoms with E-state index in [0.717, 1.165) is 0 Å². The fraction of sp³-hybridized carbons (Fsp3) is 0. The maximum Gasteiger partial charge on any atom is 0.190 e. The summed E-state index contributed by atoms with van der Waals surface area (Å²) < 4.78 is 0.